The third-order valence-electron chi connectivity index (χ3n) is 5.12. The number of benzene rings is 2. The normalized spacial score (nSPS) is 17.6. The van der Waals surface area contributed by atoms with Gasteiger partial charge in [0.15, 0.2) is 0 Å². The molecule has 0 aromatic heterocycles. The van der Waals surface area contributed by atoms with Gasteiger partial charge in [-0.1, -0.05) is 42.5 Å². The Labute approximate surface area is 178 Å². The van der Waals surface area contributed by atoms with Gasteiger partial charge in [-0.05, 0) is 50.5 Å². The van der Waals surface area contributed by atoms with Crippen LogP contribution in [0.3, 0.4) is 0 Å². The molecule has 3 rings (SSSR count). The van der Waals surface area contributed by atoms with Gasteiger partial charge in [-0.3, -0.25) is 4.90 Å². The van der Waals surface area contributed by atoms with E-state index < -0.39 is 11.6 Å². The molecule has 1 aliphatic heterocycles. The van der Waals surface area contributed by atoms with Crippen molar-refractivity contribution >= 4 is 12.1 Å². The van der Waals surface area contributed by atoms with Crippen LogP contribution in [0.5, 0.6) is 0 Å². The second-order valence-corrected chi connectivity index (χ2v) is 8.75. The van der Waals surface area contributed by atoms with Gasteiger partial charge >= 0.3 is 12.1 Å². The zero-order valence-corrected chi connectivity index (χ0v) is 17.9. The molecule has 0 bridgehead atoms. The van der Waals surface area contributed by atoms with Crippen LogP contribution < -0.4 is 0 Å². The number of carboxylic acids is 1. The number of carbonyl (C=O) groups is 2. The molecule has 0 spiro atoms. The molecule has 0 saturated carbocycles. The summed E-state index contributed by atoms with van der Waals surface area (Å²) in [5.41, 5.74) is 2.00. The average molecular weight is 411 g/mol. The maximum Gasteiger partial charge on any atom is 0.410 e. The minimum absolute atomic E-state index is 0.00860. The van der Waals surface area contributed by atoms with E-state index in [9.17, 15) is 9.59 Å². The number of ether oxygens (including phenoxy) is 1. The molecule has 2 aromatic carbocycles. The van der Waals surface area contributed by atoms with E-state index in [0.29, 0.717) is 13.1 Å². The molecule has 0 radical (unpaired) electrons. The predicted molar refractivity (Wildman–Crippen MR) is 116 cm³/mol. The molecule has 1 saturated heterocycles. The zero-order chi connectivity index (χ0) is 21.7. The van der Waals surface area contributed by atoms with Crippen molar-refractivity contribution < 1.29 is 19.4 Å². The van der Waals surface area contributed by atoms with E-state index >= 15 is 0 Å². The van der Waals surface area contributed by atoms with Crippen molar-refractivity contribution in [1.29, 1.82) is 0 Å². The number of carbonyl (C=O) groups excluding carboxylic acids is 1. The van der Waals surface area contributed by atoms with Crippen molar-refractivity contribution in [3.05, 3.63) is 71.3 Å². The number of rotatable bonds is 5. The van der Waals surface area contributed by atoms with Gasteiger partial charge in [0.1, 0.15) is 5.60 Å². The van der Waals surface area contributed by atoms with E-state index in [1.54, 1.807) is 12.1 Å². The average Bonchev–Trinajstić information content (AvgIpc) is 2.68. The Kier molecular flexibility index (Phi) is 6.77. The van der Waals surface area contributed by atoms with Crippen molar-refractivity contribution in [1.82, 2.24) is 9.80 Å². The molecule has 1 atom stereocenters. The summed E-state index contributed by atoms with van der Waals surface area (Å²) < 4.78 is 5.65. The number of carboxylic acid groups (broad SMARTS) is 1. The van der Waals surface area contributed by atoms with Crippen LogP contribution in [0.1, 0.15) is 42.3 Å². The summed E-state index contributed by atoms with van der Waals surface area (Å²) in [4.78, 5) is 28.0. The first-order chi connectivity index (χ1) is 14.2. The molecule has 1 N–H and O–H groups in total. The van der Waals surface area contributed by atoms with Crippen molar-refractivity contribution in [3.63, 3.8) is 0 Å². The standard InChI is InChI=1S/C24H30N2O4/c1-24(2,3)30-23(29)26-14-13-25(16-19-9-11-20(12-10-19)22(27)28)17-21(26)15-18-7-5-4-6-8-18/h4-12,21H,13-17H2,1-3H3,(H,27,28)/t21-/m1/s1. The number of amides is 1. The Morgan fingerprint density at radius 2 is 1.67 bits per heavy atom. The number of hydrogen-bond donors (Lipinski definition) is 1. The maximum atomic E-state index is 12.8. The van der Waals surface area contributed by atoms with Gasteiger partial charge in [0.2, 0.25) is 0 Å². The molecular formula is C24H30N2O4. The van der Waals surface area contributed by atoms with Crippen LogP contribution in [0, 0.1) is 0 Å². The van der Waals surface area contributed by atoms with Gasteiger partial charge in [0.05, 0.1) is 11.6 Å². The first-order valence-electron chi connectivity index (χ1n) is 10.3. The monoisotopic (exact) mass is 410 g/mol. The van der Waals surface area contributed by atoms with Crippen LogP contribution >= 0.6 is 0 Å². The second-order valence-electron chi connectivity index (χ2n) is 8.75. The minimum Gasteiger partial charge on any atom is -0.478 e. The van der Waals surface area contributed by atoms with E-state index in [1.807, 2.05) is 56.0 Å². The molecule has 0 unspecified atom stereocenters. The van der Waals surface area contributed by atoms with Crippen LogP contribution in [0.15, 0.2) is 54.6 Å². The quantitative estimate of drug-likeness (QED) is 0.805. The molecule has 1 amide bonds. The third-order valence-corrected chi connectivity index (χ3v) is 5.12. The van der Waals surface area contributed by atoms with Gasteiger partial charge in [-0.15, -0.1) is 0 Å². The zero-order valence-electron chi connectivity index (χ0n) is 17.9. The highest BCUT2D eigenvalue weighted by atomic mass is 16.6. The Hall–Kier alpha value is -2.86. The van der Waals surface area contributed by atoms with Gasteiger partial charge in [0, 0.05) is 26.2 Å². The molecule has 1 aliphatic rings. The van der Waals surface area contributed by atoms with Gasteiger partial charge in [-0.2, -0.15) is 0 Å². The lowest BCUT2D eigenvalue weighted by Crippen LogP contribution is -2.56. The smallest absolute Gasteiger partial charge is 0.410 e. The summed E-state index contributed by atoms with van der Waals surface area (Å²) in [5.74, 6) is -0.921. The van der Waals surface area contributed by atoms with E-state index in [-0.39, 0.29) is 17.7 Å². The van der Waals surface area contributed by atoms with E-state index in [2.05, 4.69) is 17.0 Å². The van der Waals surface area contributed by atoms with Crippen molar-refractivity contribution in [3.8, 4) is 0 Å². The molecule has 2 aromatic rings. The Bertz CT molecular complexity index is 859. The number of hydrogen-bond acceptors (Lipinski definition) is 4. The molecule has 6 heteroatoms. The maximum absolute atomic E-state index is 12.8. The molecule has 1 heterocycles. The lowest BCUT2D eigenvalue weighted by molar-refractivity contribution is -0.00233. The summed E-state index contributed by atoms with van der Waals surface area (Å²) in [6, 6.07) is 17.2. The first-order valence-corrected chi connectivity index (χ1v) is 10.3. The number of piperazine rings is 1. The Balaban J connectivity index is 1.72. The molecule has 1 fully saturated rings. The molecule has 160 valence electrons. The number of nitrogens with zero attached hydrogens (tertiary/aromatic N) is 2. The summed E-state index contributed by atoms with van der Waals surface area (Å²) >= 11 is 0. The highest BCUT2D eigenvalue weighted by molar-refractivity contribution is 5.87. The van der Waals surface area contributed by atoms with E-state index in [1.165, 1.54) is 5.56 Å². The number of aromatic carboxylic acids is 1. The highest BCUT2D eigenvalue weighted by Crippen LogP contribution is 2.20. The molecular weight excluding hydrogens is 380 g/mol. The topological polar surface area (TPSA) is 70.1 Å². The van der Waals surface area contributed by atoms with E-state index in [4.69, 9.17) is 9.84 Å². The van der Waals surface area contributed by atoms with Crippen LogP contribution in [0.4, 0.5) is 4.79 Å². The highest BCUT2D eigenvalue weighted by Gasteiger charge is 2.33. The fraction of sp³-hybridized carbons (Fsp3) is 0.417. The van der Waals surface area contributed by atoms with Crippen molar-refractivity contribution in [2.24, 2.45) is 0 Å². The molecule has 30 heavy (non-hydrogen) atoms. The largest absolute Gasteiger partial charge is 0.478 e. The van der Waals surface area contributed by atoms with Gasteiger partial charge in [-0.25, -0.2) is 9.59 Å². The molecule has 0 aliphatic carbocycles. The predicted octanol–water partition coefficient (Wildman–Crippen LogP) is 4.05. The van der Waals surface area contributed by atoms with Crippen LogP contribution in [-0.2, 0) is 17.7 Å². The third kappa shape index (κ3) is 6.07. The SMILES string of the molecule is CC(C)(C)OC(=O)N1CCN(Cc2ccc(C(=O)O)cc2)C[C@H]1Cc1ccccc1. The van der Waals surface area contributed by atoms with Gasteiger partial charge in [0.25, 0.3) is 0 Å². The lowest BCUT2D eigenvalue weighted by atomic mass is 10.0. The van der Waals surface area contributed by atoms with E-state index in [0.717, 1.165) is 25.1 Å². The Morgan fingerprint density at radius 3 is 2.27 bits per heavy atom. The van der Waals surface area contributed by atoms with Crippen LogP contribution in [0.25, 0.3) is 0 Å². The minimum atomic E-state index is -0.921. The van der Waals surface area contributed by atoms with Crippen molar-refractivity contribution in [2.45, 2.75) is 45.4 Å². The van der Waals surface area contributed by atoms with Crippen molar-refractivity contribution in [2.75, 3.05) is 19.6 Å². The lowest BCUT2D eigenvalue weighted by Gasteiger charge is -2.42. The fourth-order valence-electron chi connectivity index (χ4n) is 3.70. The summed E-state index contributed by atoms with van der Waals surface area (Å²) in [5, 5.41) is 9.07. The molecule has 6 nitrogen and oxygen atoms in total. The van der Waals surface area contributed by atoms with Crippen LogP contribution in [-0.4, -0.2) is 58.2 Å². The second kappa shape index (κ2) is 9.30. The van der Waals surface area contributed by atoms with Gasteiger partial charge < -0.3 is 14.7 Å². The Morgan fingerprint density at radius 1 is 1.00 bits per heavy atom. The fourth-order valence-corrected chi connectivity index (χ4v) is 3.70. The summed E-state index contributed by atoms with van der Waals surface area (Å²) in [7, 11) is 0. The first kappa shape index (κ1) is 21.8. The summed E-state index contributed by atoms with van der Waals surface area (Å²) in [6.07, 6.45) is 0.489. The van der Waals surface area contributed by atoms with Crippen LogP contribution in [0.2, 0.25) is 0 Å². The summed E-state index contributed by atoms with van der Waals surface area (Å²) in [6.45, 7) is 8.43.